The van der Waals surface area contributed by atoms with Crippen LogP contribution in [0.25, 0.3) is 0 Å². The largest absolute Gasteiger partial charge is 0.497 e. The summed E-state index contributed by atoms with van der Waals surface area (Å²) in [7, 11) is 0. The SMILES string of the molecule is CC(C)=CC[C@@]12C/C=C(/C)CO/C=C\C=C/C3=CC(=O)[C@@](C(=O)C=C1C)(C2=O)[C@H]3O. The predicted octanol–water partition coefficient (Wildman–Crippen LogP) is 3.72. The molecule has 3 aliphatic rings. The van der Waals surface area contributed by atoms with Crippen molar-refractivity contribution in [3.05, 3.63) is 71.1 Å². The number of fused-ring (bicyclic) bond motifs is 2. The molecule has 158 valence electrons. The van der Waals surface area contributed by atoms with Crippen molar-refractivity contribution in [1.82, 2.24) is 0 Å². The number of aliphatic hydroxyl groups excluding tert-OH is 1. The van der Waals surface area contributed by atoms with Crippen LogP contribution in [0.5, 0.6) is 0 Å². The van der Waals surface area contributed by atoms with Gasteiger partial charge in [-0.15, -0.1) is 0 Å². The highest BCUT2D eigenvalue weighted by atomic mass is 16.5. The summed E-state index contributed by atoms with van der Waals surface area (Å²) in [4.78, 5) is 40.3. The highest BCUT2D eigenvalue weighted by molar-refractivity contribution is 6.35. The fraction of sp³-hybridized carbons (Fsp3) is 0.400. The second-order valence-corrected chi connectivity index (χ2v) is 8.56. The quantitative estimate of drug-likeness (QED) is 0.556. The summed E-state index contributed by atoms with van der Waals surface area (Å²) < 4.78 is 5.51. The molecule has 0 aromatic heterocycles. The lowest BCUT2D eigenvalue weighted by molar-refractivity contribution is -0.155. The van der Waals surface area contributed by atoms with Gasteiger partial charge in [-0.05, 0) is 69.9 Å². The minimum atomic E-state index is -2.11. The van der Waals surface area contributed by atoms with Gasteiger partial charge >= 0.3 is 0 Å². The van der Waals surface area contributed by atoms with Crippen molar-refractivity contribution in [3.8, 4) is 0 Å². The van der Waals surface area contributed by atoms with Crippen LogP contribution < -0.4 is 0 Å². The van der Waals surface area contributed by atoms with Crippen molar-refractivity contribution < 1.29 is 24.2 Å². The molecule has 1 spiro atoms. The standard InChI is InChI=1S/C25H28O5/c1-16(2)8-10-24-11-9-17(3)15-30-12-6-5-7-19-14-21(27)25(22(19)28,23(24)29)20(26)13-18(24)4/h5-9,12-14,22,28H,10-11,15H2,1-4H3/b7-5-,12-6-,17-9-/t22-,24+,25+/m0/s1. The summed E-state index contributed by atoms with van der Waals surface area (Å²) >= 11 is 0. The minimum absolute atomic E-state index is 0.249. The molecule has 2 aliphatic carbocycles. The number of hydrogen-bond acceptors (Lipinski definition) is 5. The van der Waals surface area contributed by atoms with Gasteiger partial charge in [0.15, 0.2) is 22.8 Å². The second kappa shape index (κ2) is 8.15. The van der Waals surface area contributed by atoms with Crippen molar-refractivity contribution in [2.24, 2.45) is 10.8 Å². The Balaban J connectivity index is 2.26. The number of ether oxygens (including phenoxy) is 1. The normalized spacial score (nSPS) is 35.3. The number of aliphatic hydroxyl groups is 1. The topological polar surface area (TPSA) is 80.7 Å². The van der Waals surface area contributed by atoms with Gasteiger partial charge in [0.05, 0.1) is 11.7 Å². The molecule has 0 unspecified atom stereocenters. The van der Waals surface area contributed by atoms with Crippen LogP contribution in [0.4, 0.5) is 0 Å². The molecule has 3 atom stereocenters. The van der Waals surface area contributed by atoms with E-state index in [9.17, 15) is 19.5 Å². The van der Waals surface area contributed by atoms with Crippen LogP contribution >= 0.6 is 0 Å². The van der Waals surface area contributed by atoms with E-state index in [2.05, 4.69) is 0 Å². The van der Waals surface area contributed by atoms with E-state index in [-0.39, 0.29) is 5.57 Å². The first-order valence-corrected chi connectivity index (χ1v) is 10.1. The fourth-order valence-corrected chi connectivity index (χ4v) is 4.30. The summed E-state index contributed by atoms with van der Waals surface area (Å²) in [6.45, 7) is 7.91. The van der Waals surface area contributed by atoms with Gasteiger partial charge in [-0.2, -0.15) is 0 Å². The lowest BCUT2D eigenvalue weighted by atomic mass is 9.55. The number of ketones is 3. The molecule has 0 radical (unpaired) electrons. The Morgan fingerprint density at radius 2 is 1.87 bits per heavy atom. The van der Waals surface area contributed by atoms with Crippen molar-refractivity contribution in [2.45, 2.75) is 46.6 Å². The molecule has 0 aromatic rings. The Morgan fingerprint density at radius 3 is 2.57 bits per heavy atom. The molecule has 30 heavy (non-hydrogen) atoms. The van der Waals surface area contributed by atoms with E-state index in [1.54, 1.807) is 19.1 Å². The van der Waals surface area contributed by atoms with Gasteiger partial charge in [0, 0.05) is 0 Å². The zero-order valence-electron chi connectivity index (χ0n) is 17.9. The summed E-state index contributed by atoms with van der Waals surface area (Å²) in [6, 6.07) is 0. The maximum absolute atomic E-state index is 14.1. The summed E-state index contributed by atoms with van der Waals surface area (Å²) in [5.41, 5.74) is -0.372. The first-order valence-electron chi connectivity index (χ1n) is 10.1. The number of Topliss-reactive ketones (excluding diaryl/α,β-unsaturated/α-hetero) is 1. The second-order valence-electron chi connectivity index (χ2n) is 8.56. The molecule has 0 amide bonds. The Labute approximate surface area is 177 Å². The van der Waals surface area contributed by atoms with Gasteiger partial charge < -0.3 is 9.84 Å². The number of carbonyl (C=O) groups is 3. The van der Waals surface area contributed by atoms with Gasteiger partial charge in [0.25, 0.3) is 0 Å². The lowest BCUT2D eigenvalue weighted by Gasteiger charge is -2.43. The summed E-state index contributed by atoms with van der Waals surface area (Å²) in [6.07, 6.45) is 11.9. The summed E-state index contributed by atoms with van der Waals surface area (Å²) in [5, 5.41) is 11.1. The molecule has 1 heterocycles. The van der Waals surface area contributed by atoms with E-state index >= 15 is 0 Å². The zero-order chi connectivity index (χ0) is 22.1. The number of hydrogen-bond donors (Lipinski definition) is 1. The Morgan fingerprint density at radius 1 is 1.17 bits per heavy atom. The summed E-state index contributed by atoms with van der Waals surface area (Å²) in [5.74, 6) is -1.81. The molecule has 5 heteroatoms. The van der Waals surface area contributed by atoms with Crippen molar-refractivity contribution in [1.29, 1.82) is 0 Å². The van der Waals surface area contributed by atoms with Crippen LogP contribution in [-0.4, -0.2) is 35.2 Å². The predicted molar refractivity (Wildman–Crippen MR) is 114 cm³/mol. The van der Waals surface area contributed by atoms with Gasteiger partial charge in [-0.1, -0.05) is 35.5 Å². The lowest BCUT2D eigenvalue weighted by Crippen LogP contribution is -2.59. The van der Waals surface area contributed by atoms with Crippen LogP contribution in [0.15, 0.2) is 71.1 Å². The number of carbonyl (C=O) groups excluding carboxylic acids is 3. The maximum Gasteiger partial charge on any atom is 0.184 e. The third kappa shape index (κ3) is 3.37. The molecule has 1 N–H and O–H groups in total. The first kappa shape index (κ1) is 21.9. The van der Waals surface area contributed by atoms with E-state index in [4.69, 9.17) is 4.74 Å². The molecule has 0 fully saturated rings. The molecule has 0 aromatic carbocycles. The average molecular weight is 408 g/mol. The zero-order valence-corrected chi connectivity index (χ0v) is 17.9. The molecule has 3 rings (SSSR count). The van der Waals surface area contributed by atoms with Gasteiger partial charge in [0.2, 0.25) is 0 Å². The third-order valence-electron chi connectivity index (χ3n) is 6.24. The van der Waals surface area contributed by atoms with Crippen molar-refractivity contribution in [2.75, 3.05) is 6.61 Å². The number of allylic oxidation sites excluding steroid dienone is 8. The molecular formula is C25H28O5. The molecule has 3 bridgehead atoms. The molecular weight excluding hydrogens is 380 g/mol. The fourth-order valence-electron chi connectivity index (χ4n) is 4.30. The van der Waals surface area contributed by atoms with E-state index in [1.165, 1.54) is 24.5 Å². The Bertz CT molecular complexity index is 967. The van der Waals surface area contributed by atoms with Crippen LogP contribution in [0, 0.1) is 10.8 Å². The minimum Gasteiger partial charge on any atom is -0.497 e. The highest BCUT2D eigenvalue weighted by Gasteiger charge is 2.66. The monoisotopic (exact) mass is 408 g/mol. The smallest absolute Gasteiger partial charge is 0.184 e. The van der Waals surface area contributed by atoms with E-state index in [0.717, 1.165) is 11.1 Å². The third-order valence-corrected chi connectivity index (χ3v) is 6.24. The Kier molecular flexibility index (Phi) is 5.95. The number of rotatable bonds is 2. The van der Waals surface area contributed by atoms with Crippen LogP contribution in [0.2, 0.25) is 0 Å². The first-order chi connectivity index (χ1) is 14.2. The Hall–Kier alpha value is -2.79. The molecule has 5 nitrogen and oxygen atoms in total. The van der Waals surface area contributed by atoms with Gasteiger partial charge in [-0.25, -0.2) is 0 Å². The van der Waals surface area contributed by atoms with E-state index in [0.29, 0.717) is 25.0 Å². The van der Waals surface area contributed by atoms with Crippen LogP contribution in [0.1, 0.15) is 40.5 Å². The molecule has 1 aliphatic heterocycles. The molecule has 0 saturated heterocycles. The average Bonchev–Trinajstić information content (AvgIpc) is 2.93. The van der Waals surface area contributed by atoms with Crippen LogP contribution in [0.3, 0.4) is 0 Å². The van der Waals surface area contributed by atoms with Crippen molar-refractivity contribution in [3.63, 3.8) is 0 Å². The van der Waals surface area contributed by atoms with Crippen LogP contribution in [-0.2, 0) is 19.1 Å². The van der Waals surface area contributed by atoms with Gasteiger partial charge in [0.1, 0.15) is 12.7 Å². The highest BCUT2D eigenvalue weighted by Crippen LogP contribution is 2.52. The van der Waals surface area contributed by atoms with E-state index < -0.39 is 34.3 Å². The maximum atomic E-state index is 14.1. The van der Waals surface area contributed by atoms with Gasteiger partial charge in [-0.3, -0.25) is 14.4 Å². The molecule has 0 saturated carbocycles. The van der Waals surface area contributed by atoms with E-state index in [1.807, 2.05) is 32.9 Å². The van der Waals surface area contributed by atoms with Crippen molar-refractivity contribution >= 4 is 17.3 Å².